The molecule has 0 aromatic rings. The smallest absolute Gasteiger partial charge is 0.271 e. The molecular weight excluding hydrogens is 596 g/mol. The van der Waals surface area contributed by atoms with E-state index in [0.717, 1.165) is 32.1 Å². The van der Waals surface area contributed by atoms with Crippen LogP contribution in [0.4, 0.5) is 0 Å². The third-order valence-corrected chi connectivity index (χ3v) is 15.2. The van der Waals surface area contributed by atoms with Crippen LogP contribution in [0.15, 0.2) is 0 Å². The van der Waals surface area contributed by atoms with Crippen molar-refractivity contribution in [3.05, 3.63) is 0 Å². The fourth-order valence-corrected chi connectivity index (χ4v) is 12.2. The molecule has 0 bridgehead atoms. The number of alkyl halides is 2. The van der Waals surface area contributed by atoms with Crippen LogP contribution in [-0.4, -0.2) is 51.3 Å². The monoisotopic (exact) mass is 640 g/mol. The average Bonchev–Trinajstić information content (AvgIpc) is 3.03. The summed E-state index contributed by atoms with van der Waals surface area (Å²) in [6, 6.07) is 0. The molecule has 3 saturated carbocycles. The van der Waals surface area contributed by atoms with Crippen LogP contribution in [0, 0.1) is 53.3 Å². The first-order valence-corrected chi connectivity index (χ1v) is 17.1. The Labute approximate surface area is 229 Å². The van der Waals surface area contributed by atoms with Gasteiger partial charge in [-0.2, -0.15) is 8.42 Å². The van der Waals surface area contributed by atoms with Crippen LogP contribution in [0.5, 0.6) is 0 Å². The van der Waals surface area contributed by atoms with Crippen LogP contribution >= 0.6 is 31.9 Å². The van der Waals surface area contributed by atoms with Crippen LogP contribution in [0.2, 0.25) is 0 Å². The van der Waals surface area contributed by atoms with E-state index in [2.05, 4.69) is 73.4 Å². The molecule has 0 aromatic carbocycles. The molecule has 2 N–H and O–H groups in total. The molecule has 35 heavy (non-hydrogen) atoms. The molecule has 0 radical (unpaired) electrons. The molecule has 204 valence electrons. The van der Waals surface area contributed by atoms with Gasteiger partial charge in [-0.15, -0.1) is 0 Å². The Morgan fingerprint density at radius 2 is 1.23 bits per heavy atom. The fourth-order valence-electron chi connectivity index (χ4n) is 8.59. The van der Waals surface area contributed by atoms with Gasteiger partial charge in [-0.1, -0.05) is 86.2 Å². The van der Waals surface area contributed by atoms with E-state index in [1.165, 1.54) is 0 Å². The third kappa shape index (κ3) is 4.64. The molecule has 4 aliphatic rings. The fraction of sp³-hybridized carbons (Fsp3) is 1.00. The standard InChI is InChI=1S/C27H46Br2O5S/c1-13(2)17-11-20(15(5)23(28)25(17)30)27(19-9-7-8-10-22(19)35(32,33)34-27)21-12-18(14(3)4)26(31)24(29)16(21)6/h13-26,30-31H,7-12H2,1-6H3/t15-,16+,17-,18-,19-,20-,21+,22+,23-,24-,25+,26+,27?/m1/s1. The molecule has 0 amide bonds. The van der Waals surface area contributed by atoms with Crippen molar-refractivity contribution in [3.63, 3.8) is 0 Å². The second-order valence-corrected chi connectivity index (χ2v) is 16.8. The predicted octanol–water partition coefficient (Wildman–Crippen LogP) is 5.75. The molecule has 0 aromatic heterocycles. The van der Waals surface area contributed by atoms with Crippen molar-refractivity contribution in [1.29, 1.82) is 0 Å². The normalized spacial score (nSPS) is 52.6. The van der Waals surface area contributed by atoms with Gasteiger partial charge in [0.1, 0.15) is 0 Å². The Balaban J connectivity index is 1.89. The zero-order chi connectivity index (χ0) is 26.0. The van der Waals surface area contributed by atoms with Gasteiger partial charge >= 0.3 is 0 Å². The van der Waals surface area contributed by atoms with E-state index in [-0.39, 0.29) is 62.9 Å². The Kier molecular flexibility index (Phi) is 8.56. The van der Waals surface area contributed by atoms with E-state index >= 15 is 0 Å². The zero-order valence-electron chi connectivity index (χ0n) is 22.1. The first kappa shape index (κ1) is 28.8. The minimum atomic E-state index is -3.69. The maximum atomic E-state index is 13.7. The topological polar surface area (TPSA) is 83.8 Å². The van der Waals surface area contributed by atoms with Crippen LogP contribution < -0.4 is 0 Å². The van der Waals surface area contributed by atoms with Gasteiger partial charge in [0, 0.05) is 15.6 Å². The summed E-state index contributed by atoms with van der Waals surface area (Å²) in [4.78, 5) is -0.214. The molecule has 1 unspecified atom stereocenters. The van der Waals surface area contributed by atoms with Gasteiger partial charge < -0.3 is 10.2 Å². The predicted molar refractivity (Wildman–Crippen MR) is 147 cm³/mol. The molecule has 3 aliphatic carbocycles. The second-order valence-electron chi connectivity index (χ2n) is 12.9. The summed E-state index contributed by atoms with van der Waals surface area (Å²) in [5.74, 6) is 0.870. The van der Waals surface area contributed by atoms with Crippen molar-refractivity contribution < 1.29 is 22.8 Å². The zero-order valence-corrected chi connectivity index (χ0v) is 26.1. The lowest BCUT2D eigenvalue weighted by Gasteiger charge is -2.58. The maximum absolute atomic E-state index is 13.7. The van der Waals surface area contributed by atoms with E-state index in [4.69, 9.17) is 4.18 Å². The van der Waals surface area contributed by atoms with Crippen LogP contribution in [0.1, 0.15) is 80.1 Å². The van der Waals surface area contributed by atoms with Crippen molar-refractivity contribution in [2.45, 2.75) is 113 Å². The number of aliphatic hydroxyl groups excluding tert-OH is 2. The Bertz CT molecular complexity index is 824. The van der Waals surface area contributed by atoms with E-state index in [0.29, 0.717) is 6.42 Å². The van der Waals surface area contributed by atoms with Gasteiger partial charge in [-0.25, -0.2) is 0 Å². The number of hydrogen-bond donors (Lipinski definition) is 2. The summed E-state index contributed by atoms with van der Waals surface area (Å²) in [6.45, 7) is 13.0. The highest BCUT2D eigenvalue weighted by Crippen LogP contribution is 2.63. The number of fused-ring (bicyclic) bond motifs is 1. The quantitative estimate of drug-likeness (QED) is 0.302. The Hall–Kier alpha value is 0.790. The maximum Gasteiger partial charge on any atom is 0.271 e. The lowest BCUT2D eigenvalue weighted by molar-refractivity contribution is -0.158. The van der Waals surface area contributed by atoms with Gasteiger partial charge in [-0.05, 0) is 73.0 Å². The molecule has 1 heterocycles. The highest BCUT2D eigenvalue weighted by Gasteiger charge is 2.69. The van der Waals surface area contributed by atoms with Gasteiger partial charge in [-0.3, -0.25) is 4.18 Å². The van der Waals surface area contributed by atoms with Gasteiger partial charge in [0.15, 0.2) is 0 Å². The Morgan fingerprint density at radius 3 is 1.66 bits per heavy atom. The molecule has 4 rings (SSSR count). The minimum Gasteiger partial charge on any atom is -0.392 e. The van der Waals surface area contributed by atoms with Crippen LogP contribution in [0.25, 0.3) is 0 Å². The summed E-state index contributed by atoms with van der Waals surface area (Å²) in [7, 11) is -3.69. The van der Waals surface area contributed by atoms with Gasteiger partial charge in [0.25, 0.3) is 10.1 Å². The number of hydrogen-bond acceptors (Lipinski definition) is 5. The lowest BCUT2D eigenvalue weighted by atomic mass is 9.51. The van der Waals surface area contributed by atoms with Crippen LogP contribution in [-0.2, 0) is 14.3 Å². The highest BCUT2D eigenvalue weighted by molar-refractivity contribution is 9.09. The molecule has 8 heteroatoms. The molecule has 13 atom stereocenters. The van der Waals surface area contributed by atoms with E-state index in [1.807, 2.05) is 0 Å². The van der Waals surface area contributed by atoms with Gasteiger partial charge in [0.2, 0.25) is 0 Å². The first-order valence-electron chi connectivity index (χ1n) is 13.8. The minimum absolute atomic E-state index is 0.0146. The SMILES string of the molecule is CC(C)[C@H]1C[C@H](C2([C@@H]3C[C@H](C(C)C)[C@H](O)[C@H](Br)[C@@H]3C)OS(=O)(=O)[C@H]3CCCC[C@H]32)[C@H](C)[C@@H](Br)[C@H]1O. The molecule has 0 spiro atoms. The van der Waals surface area contributed by atoms with E-state index in [9.17, 15) is 18.6 Å². The van der Waals surface area contributed by atoms with Crippen molar-refractivity contribution in [3.8, 4) is 0 Å². The summed E-state index contributed by atoms with van der Waals surface area (Å²) >= 11 is 7.69. The van der Waals surface area contributed by atoms with Crippen molar-refractivity contribution >= 4 is 42.0 Å². The molecule has 1 aliphatic heterocycles. The summed E-state index contributed by atoms with van der Waals surface area (Å²) in [5.41, 5.74) is -0.804. The number of aliphatic hydroxyl groups is 2. The highest BCUT2D eigenvalue weighted by atomic mass is 79.9. The van der Waals surface area contributed by atoms with E-state index < -0.39 is 33.2 Å². The van der Waals surface area contributed by atoms with Crippen molar-refractivity contribution in [2.24, 2.45) is 53.3 Å². The van der Waals surface area contributed by atoms with Crippen molar-refractivity contribution in [2.75, 3.05) is 0 Å². The summed E-state index contributed by atoms with van der Waals surface area (Å²) < 4.78 is 34.0. The van der Waals surface area contributed by atoms with E-state index in [1.54, 1.807) is 0 Å². The average molecular weight is 643 g/mol. The Morgan fingerprint density at radius 1 is 0.800 bits per heavy atom. The molecule has 5 nitrogen and oxygen atoms in total. The van der Waals surface area contributed by atoms with Crippen molar-refractivity contribution in [1.82, 2.24) is 0 Å². The van der Waals surface area contributed by atoms with Gasteiger partial charge in [0.05, 0.1) is 23.1 Å². The largest absolute Gasteiger partial charge is 0.392 e. The lowest BCUT2D eigenvalue weighted by Crippen LogP contribution is -2.63. The molecular formula is C27H46Br2O5S. The summed E-state index contributed by atoms with van der Waals surface area (Å²) in [6.07, 6.45) is 4.14. The second kappa shape index (κ2) is 10.4. The molecule has 1 saturated heterocycles. The summed E-state index contributed by atoms with van der Waals surface area (Å²) in [5, 5.41) is 21.9. The number of halogens is 2. The first-order chi connectivity index (χ1) is 16.3. The number of rotatable bonds is 4. The third-order valence-electron chi connectivity index (χ3n) is 10.6. The van der Waals surface area contributed by atoms with Crippen LogP contribution in [0.3, 0.4) is 0 Å². The molecule has 4 fully saturated rings.